The second-order valence-corrected chi connectivity index (χ2v) is 10.1. The zero-order valence-electron chi connectivity index (χ0n) is 19.2. The maximum atomic E-state index is 15.3. The Hall–Kier alpha value is -4.44. The highest BCUT2D eigenvalue weighted by atomic mass is 32.1. The lowest BCUT2D eigenvalue weighted by Gasteiger charge is -2.10. The maximum absolute atomic E-state index is 15.3. The molecule has 7 rings (SSSR count). The van der Waals surface area contributed by atoms with Crippen molar-refractivity contribution in [1.29, 1.82) is 0 Å². The van der Waals surface area contributed by atoms with Gasteiger partial charge in [-0.1, -0.05) is 13.8 Å². The van der Waals surface area contributed by atoms with E-state index in [1.165, 1.54) is 17.4 Å². The van der Waals surface area contributed by atoms with Crippen LogP contribution in [0.15, 0.2) is 55.0 Å². The lowest BCUT2D eigenvalue weighted by atomic mass is 10.1. The van der Waals surface area contributed by atoms with Gasteiger partial charge >= 0.3 is 0 Å². The molecule has 0 aliphatic carbocycles. The summed E-state index contributed by atoms with van der Waals surface area (Å²) in [5.41, 5.74) is 4.45. The van der Waals surface area contributed by atoms with E-state index >= 15 is 4.39 Å². The number of fused-ring (bicyclic) bond motifs is 9. The summed E-state index contributed by atoms with van der Waals surface area (Å²) in [6.45, 7) is 3.70. The Balaban J connectivity index is 1.79. The quantitative estimate of drug-likeness (QED) is 0.279. The van der Waals surface area contributed by atoms with Gasteiger partial charge in [0.05, 0.1) is 27.4 Å². The first-order valence-corrected chi connectivity index (χ1v) is 12.2. The second kappa shape index (κ2) is 7.53. The molecule has 0 aliphatic rings. The van der Waals surface area contributed by atoms with Crippen molar-refractivity contribution in [2.45, 2.75) is 13.8 Å². The van der Waals surface area contributed by atoms with Crippen molar-refractivity contribution >= 4 is 81.7 Å². The largest absolute Gasteiger partial charge is 0.336 e. The summed E-state index contributed by atoms with van der Waals surface area (Å²) in [6.07, 6.45) is 4.95. The van der Waals surface area contributed by atoms with Gasteiger partial charge in [0.25, 0.3) is 0 Å². The van der Waals surface area contributed by atoms with E-state index in [0.29, 0.717) is 49.4 Å². The standard InChI is InChI=1S/C26H18FN7OS/c1-12(2)26(35)34-14-7-13(10-28-11-14)15-8-16-19(9-17(15)27)32-33-22(16)25-30-18-5-6-29-24(23(18)31-25)20-3-4-21(34)36-20/h3-12H,1-2H3,(H,30,31)(H,32,33). The van der Waals surface area contributed by atoms with Crippen LogP contribution in [-0.2, 0) is 0 Å². The Labute approximate surface area is 206 Å². The molecule has 0 unspecified atom stereocenters. The lowest BCUT2D eigenvalue weighted by molar-refractivity contribution is 0.0865. The van der Waals surface area contributed by atoms with Crippen molar-refractivity contribution in [3.05, 3.63) is 60.8 Å². The highest BCUT2D eigenvalue weighted by Crippen LogP contribution is 2.31. The first kappa shape index (κ1) is 20.9. The van der Waals surface area contributed by atoms with Crippen molar-refractivity contribution < 1.29 is 9.18 Å². The summed E-state index contributed by atoms with van der Waals surface area (Å²) in [4.78, 5) is 31.3. The van der Waals surface area contributed by atoms with Crippen LogP contribution in [0.1, 0.15) is 18.6 Å². The number of nitrogens with zero attached hydrogens (tertiary/aromatic N) is 5. The number of hydrogen-bond acceptors (Lipinski definition) is 6. The van der Waals surface area contributed by atoms with Crippen LogP contribution in [0.5, 0.6) is 0 Å². The predicted octanol–water partition coefficient (Wildman–Crippen LogP) is 6.26. The van der Waals surface area contributed by atoms with Gasteiger partial charge in [-0.25, -0.2) is 9.37 Å². The SMILES string of the molecule is CC(C)C(=O)n1c2cncc(c2)c2cc3c(cc2F)[nH]nc3c2nc3c(ccnc3c3ccc1s3)[nH]2. The minimum Gasteiger partial charge on any atom is -0.336 e. The molecule has 8 bridgehead atoms. The molecule has 0 fully saturated rings. The molecule has 7 aromatic rings. The van der Waals surface area contributed by atoms with E-state index in [1.807, 2.05) is 32.0 Å². The smallest absolute Gasteiger partial charge is 0.234 e. The molecule has 36 heavy (non-hydrogen) atoms. The number of carbonyl (C=O) groups is 1. The highest BCUT2D eigenvalue weighted by Gasteiger charge is 2.16. The van der Waals surface area contributed by atoms with Gasteiger partial charge in [0.15, 0.2) is 5.65 Å². The zero-order chi connectivity index (χ0) is 24.6. The number of aromatic nitrogens is 7. The number of thiophene rings is 1. The molecule has 0 saturated carbocycles. The van der Waals surface area contributed by atoms with E-state index in [1.54, 1.807) is 35.3 Å². The number of aromatic amines is 2. The minimum absolute atomic E-state index is 0.0899. The number of rotatable bonds is 1. The number of benzene rings is 1. The van der Waals surface area contributed by atoms with Crippen LogP contribution in [0.2, 0.25) is 0 Å². The van der Waals surface area contributed by atoms with Gasteiger partial charge < -0.3 is 4.98 Å². The van der Waals surface area contributed by atoms with Crippen LogP contribution >= 0.6 is 11.3 Å². The van der Waals surface area contributed by atoms with Gasteiger partial charge in [-0.3, -0.25) is 24.4 Å². The first-order valence-electron chi connectivity index (χ1n) is 11.4. The third-order valence-corrected chi connectivity index (χ3v) is 7.41. The Bertz CT molecular complexity index is 2080. The molecule has 8 nitrogen and oxygen atoms in total. The summed E-state index contributed by atoms with van der Waals surface area (Å²) in [5, 5.41) is 8.98. The summed E-state index contributed by atoms with van der Waals surface area (Å²) in [6, 6.07) is 10.6. The lowest BCUT2D eigenvalue weighted by Crippen LogP contribution is -2.17. The predicted molar refractivity (Wildman–Crippen MR) is 140 cm³/mol. The van der Waals surface area contributed by atoms with E-state index in [0.717, 1.165) is 15.0 Å². The molecule has 0 amide bonds. The van der Waals surface area contributed by atoms with Gasteiger partial charge in [-0.05, 0) is 30.3 Å². The van der Waals surface area contributed by atoms with Crippen LogP contribution in [0.25, 0.3) is 64.4 Å². The molecule has 6 heterocycles. The molecule has 10 heteroatoms. The van der Waals surface area contributed by atoms with Gasteiger partial charge in [0, 0.05) is 40.5 Å². The molecule has 2 N–H and O–H groups in total. The summed E-state index contributed by atoms with van der Waals surface area (Å²) >= 11 is 1.44. The molecule has 176 valence electrons. The number of imidazole rings is 1. The van der Waals surface area contributed by atoms with Crippen molar-refractivity contribution in [2.24, 2.45) is 5.92 Å². The Kier molecular flexibility index (Phi) is 4.37. The van der Waals surface area contributed by atoms with E-state index < -0.39 is 5.82 Å². The highest BCUT2D eigenvalue weighted by molar-refractivity contribution is 7.24. The van der Waals surface area contributed by atoms with Crippen molar-refractivity contribution in [2.75, 3.05) is 0 Å². The number of nitrogens with one attached hydrogen (secondary N) is 2. The average Bonchev–Trinajstić information content (AvgIpc) is 3.61. The van der Waals surface area contributed by atoms with Crippen LogP contribution in [0.4, 0.5) is 4.39 Å². The van der Waals surface area contributed by atoms with E-state index in [9.17, 15) is 4.79 Å². The Morgan fingerprint density at radius 3 is 2.78 bits per heavy atom. The Morgan fingerprint density at radius 1 is 1.03 bits per heavy atom. The third-order valence-electron chi connectivity index (χ3n) is 6.33. The maximum Gasteiger partial charge on any atom is 0.234 e. The fourth-order valence-corrected chi connectivity index (χ4v) is 5.59. The number of H-pyrrole nitrogens is 2. The van der Waals surface area contributed by atoms with Gasteiger partial charge in [0.2, 0.25) is 5.91 Å². The zero-order valence-corrected chi connectivity index (χ0v) is 20.0. The van der Waals surface area contributed by atoms with Gasteiger partial charge in [-0.2, -0.15) is 5.10 Å². The summed E-state index contributed by atoms with van der Waals surface area (Å²) in [7, 11) is 0. The average molecular weight is 496 g/mol. The number of halogens is 1. The molecule has 1 aromatic carbocycles. The third kappa shape index (κ3) is 3.01. The minimum atomic E-state index is -0.419. The Morgan fingerprint density at radius 2 is 1.92 bits per heavy atom. The number of hydrogen-bond donors (Lipinski definition) is 2. The van der Waals surface area contributed by atoms with Crippen LogP contribution in [0, 0.1) is 11.7 Å². The van der Waals surface area contributed by atoms with E-state index in [-0.39, 0.29) is 11.8 Å². The summed E-state index contributed by atoms with van der Waals surface area (Å²) < 4.78 is 17.8. The second-order valence-electron chi connectivity index (χ2n) is 8.99. The summed E-state index contributed by atoms with van der Waals surface area (Å²) in [5.74, 6) is -0.775. The number of pyridine rings is 2. The molecule has 0 aliphatic heterocycles. The van der Waals surface area contributed by atoms with Crippen LogP contribution in [0.3, 0.4) is 0 Å². The molecule has 0 spiro atoms. The molecule has 0 radical (unpaired) electrons. The molecule has 6 aromatic heterocycles. The topological polar surface area (TPSA) is 105 Å². The first-order chi connectivity index (χ1) is 17.5. The molecule has 0 atom stereocenters. The molecular weight excluding hydrogens is 477 g/mol. The monoisotopic (exact) mass is 495 g/mol. The van der Waals surface area contributed by atoms with Gasteiger partial charge in [0.1, 0.15) is 27.2 Å². The molecule has 0 saturated heterocycles. The van der Waals surface area contributed by atoms with Crippen LogP contribution < -0.4 is 0 Å². The molecular formula is C26H18FN7OS. The van der Waals surface area contributed by atoms with E-state index in [4.69, 9.17) is 4.98 Å². The fraction of sp³-hybridized carbons (Fsp3) is 0.115. The van der Waals surface area contributed by atoms with E-state index in [2.05, 4.69) is 25.1 Å². The van der Waals surface area contributed by atoms with Crippen molar-refractivity contribution in [3.63, 3.8) is 0 Å². The van der Waals surface area contributed by atoms with Crippen molar-refractivity contribution in [3.8, 4) is 0 Å². The normalized spacial score (nSPS) is 12.1. The fourth-order valence-electron chi connectivity index (χ4n) is 4.56. The van der Waals surface area contributed by atoms with Crippen molar-refractivity contribution in [1.82, 2.24) is 34.7 Å². The number of carbonyl (C=O) groups excluding carboxylic acids is 1. The van der Waals surface area contributed by atoms with Crippen LogP contribution in [-0.4, -0.2) is 40.6 Å². The van der Waals surface area contributed by atoms with Gasteiger partial charge in [-0.15, -0.1) is 11.3 Å².